The number of methoxy groups -OCH3 is 1. The molecule has 0 bridgehead atoms. The van der Waals surface area contributed by atoms with Crippen LogP contribution in [0.4, 0.5) is 0 Å². The van der Waals surface area contributed by atoms with Gasteiger partial charge in [-0.15, -0.1) is 0 Å². The van der Waals surface area contributed by atoms with Crippen LogP contribution in [-0.2, 0) is 16.0 Å². The molecule has 5 nitrogen and oxygen atoms in total. The van der Waals surface area contributed by atoms with Gasteiger partial charge in [0.15, 0.2) is 0 Å². The van der Waals surface area contributed by atoms with Crippen LogP contribution in [0.3, 0.4) is 0 Å². The number of piperazine rings is 1. The molecule has 1 atom stereocenters. The average molecular weight is 336 g/mol. The molecule has 1 saturated heterocycles. The summed E-state index contributed by atoms with van der Waals surface area (Å²) < 4.78 is 5.18. The van der Waals surface area contributed by atoms with E-state index in [4.69, 9.17) is 4.74 Å². The van der Waals surface area contributed by atoms with E-state index in [-0.39, 0.29) is 17.1 Å². The second-order valence-corrected chi connectivity index (χ2v) is 6.79. The molecule has 2 rings (SSSR count). The molecule has 0 aliphatic carbocycles. The van der Waals surface area contributed by atoms with E-state index in [0.717, 1.165) is 11.3 Å². The number of thioether (sulfide) groups is 1. The topological polar surface area (TPSA) is 49.9 Å². The second kappa shape index (κ2) is 8.24. The Bertz CT molecular complexity index is 557. The number of amides is 2. The van der Waals surface area contributed by atoms with Crippen molar-refractivity contribution >= 4 is 23.6 Å². The first-order valence-corrected chi connectivity index (χ1v) is 9.06. The highest BCUT2D eigenvalue weighted by molar-refractivity contribution is 7.99. The SMILES string of the molecule is COc1cccc(CC(=O)N2CCN(C(=O)C(C)SC)CC2)c1. The minimum atomic E-state index is -0.0194. The number of rotatable bonds is 5. The van der Waals surface area contributed by atoms with Gasteiger partial charge in [0.25, 0.3) is 0 Å². The third-order valence-corrected chi connectivity index (χ3v) is 5.04. The molecule has 1 fully saturated rings. The van der Waals surface area contributed by atoms with E-state index >= 15 is 0 Å². The molecule has 1 aliphatic rings. The summed E-state index contributed by atoms with van der Waals surface area (Å²) in [4.78, 5) is 28.3. The monoisotopic (exact) mass is 336 g/mol. The molecular formula is C17H24N2O3S. The average Bonchev–Trinajstić information content (AvgIpc) is 2.60. The van der Waals surface area contributed by atoms with Gasteiger partial charge in [0.2, 0.25) is 11.8 Å². The van der Waals surface area contributed by atoms with Gasteiger partial charge in [0.05, 0.1) is 18.8 Å². The van der Waals surface area contributed by atoms with Gasteiger partial charge in [0, 0.05) is 26.2 Å². The zero-order valence-corrected chi connectivity index (χ0v) is 14.8. The van der Waals surface area contributed by atoms with E-state index in [2.05, 4.69) is 0 Å². The van der Waals surface area contributed by atoms with Crippen molar-refractivity contribution in [3.63, 3.8) is 0 Å². The lowest BCUT2D eigenvalue weighted by Crippen LogP contribution is -2.52. The Labute approximate surface area is 142 Å². The molecular weight excluding hydrogens is 312 g/mol. The Morgan fingerprint density at radius 3 is 2.48 bits per heavy atom. The summed E-state index contributed by atoms with van der Waals surface area (Å²) in [5.74, 6) is 1.03. The van der Waals surface area contributed by atoms with Crippen LogP contribution >= 0.6 is 11.8 Å². The van der Waals surface area contributed by atoms with E-state index in [1.807, 2.05) is 47.2 Å². The van der Waals surface area contributed by atoms with Gasteiger partial charge in [-0.25, -0.2) is 0 Å². The molecule has 1 unspecified atom stereocenters. The zero-order chi connectivity index (χ0) is 16.8. The summed E-state index contributed by atoms with van der Waals surface area (Å²) in [5.41, 5.74) is 0.948. The molecule has 0 spiro atoms. The maximum Gasteiger partial charge on any atom is 0.235 e. The molecule has 0 saturated carbocycles. The smallest absolute Gasteiger partial charge is 0.235 e. The van der Waals surface area contributed by atoms with Crippen LogP contribution in [0.5, 0.6) is 5.75 Å². The molecule has 126 valence electrons. The maximum absolute atomic E-state index is 12.4. The van der Waals surface area contributed by atoms with Crippen LogP contribution in [-0.4, -0.2) is 66.4 Å². The van der Waals surface area contributed by atoms with Crippen molar-refractivity contribution in [2.45, 2.75) is 18.6 Å². The van der Waals surface area contributed by atoms with Crippen LogP contribution < -0.4 is 4.74 Å². The highest BCUT2D eigenvalue weighted by Gasteiger charge is 2.26. The van der Waals surface area contributed by atoms with Crippen LogP contribution in [0, 0.1) is 0 Å². The quantitative estimate of drug-likeness (QED) is 0.821. The Hall–Kier alpha value is -1.69. The Morgan fingerprint density at radius 2 is 1.87 bits per heavy atom. The molecule has 6 heteroatoms. The number of hydrogen-bond acceptors (Lipinski definition) is 4. The van der Waals surface area contributed by atoms with Crippen molar-refractivity contribution in [1.82, 2.24) is 9.80 Å². The number of ether oxygens (including phenoxy) is 1. The lowest BCUT2D eigenvalue weighted by Gasteiger charge is -2.35. The predicted molar refractivity (Wildman–Crippen MR) is 92.8 cm³/mol. The van der Waals surface area contributed by atoms with Crippen LogP contribution in [0.15, 0.2) is 24.3 Å². The van der Waals surface area contributed by atoms with E-state index < -0.39 is 0 Å². The zero-order valence-electron chi connectivity index (χ0n) is 13.9. The fraction of sp³-hybridized carbons (Fsp3) is 0.529. The van der Waals surface area contributed by atoms with Crippen molar-refractivity contribution < 1.29 is 14.3 Å². The van der Waals surface area contributed by atoms with Gasteiger partial charge in [-0.2, -0.15) is 11.8 Å². The van der Waals surface area contributed by atoms with Crippen molar-refractivity contribution in [3.05, 3.63) is 29.8 Å². The van der Waals surface area contributed by atoms with Gasteiger partial charge >= 0.3 is 0 Å². The standard InChI is InChI=1S/C17H24N2O3S/c1-13(23-3)17(21)19-9-7-18(8-10-19)16(20)12-14-5-4-6-15(11-14)22-2/h4-6,11,13H,7-10,12H2,1-3H3. The van der Waals surface area contributed by atoms with Crippen LogP contribution in [0.1, 0.15) is 12.5 Å². The molecule has 2 amide bonds. The van der Waals surface area contributed by atoms with E-state index in [1.165, 1.54) is 0 Å². The Balaban J connectivity index is 1.87. The summed E-state index contributed by atoms with van der Waals surface area (Å²) in [7, 11) is 1.62. The predicted octanol–water partition coefficient (Wildman–Crippen LogP) is 1.66. The lowest BCUT2D eigenvalue weighted by atomic mass is 10.1. The highest BCUT2D eigenvalue weighted by atomic mass is 32.2. The molecule has 1 aromatic carbocycles. The molecule has 0 N–H and O–H groups in total. The molecule has 0 aromatic heterocycles. The van der Waals surface area contributed by atoms with Crippen LogP contribution in [0.25, 0.3) is 0 Å². The fourth-order valence-corrected chi connectivity index (χ4v) is 2.95. The number of hydrogen-bond donors (Lipinski definition) is 0. The number of carbonyl (C=O) groups is 2. The Morgan fingerprint density at radius 1 is 1.22 bits per heavy atom. The number of nitrogens with zero attached hydrogens (tertiary/aromatic N) is 2. The van der Waals surface area contributed by atoms with E-state index in [0.29, 0.717) is 32.6 Å². The minimum Gasteiger partial charge on any atom is -0.497 e. The molecule has 1 aliphatic heterocycles. The van der Waals surface area contributed by atoms with Crippen LogP contribution in [0.2, 0.25) is 0 Å². The molecule has 1 heterocycles. The second-order valence-electron chi connectivity index (χ2n) is 5.61. The summed E-state index contributed by atoms with van der Waals surface area (Å²) >= 11 is 1.56. The number of benzene rings is 1. The lowest BCUT2D eigenvalue weighted by molar-refractivity contribution is -0.138. The molecule has 1 aromatic rings. The number of carbonyl (C=O) groups excluding carboxylic acids is 2. The van der Waals surface area contributed by atoms with Gasteiger partial charge < -0.3 is 14.5 Å². The van der Waals surface area contributed by atoms with Crippen molar-refractivity contribution in [3.8, 4) is 5.75 Å². The highest BCUT2D eigenvalue weighted by Crippen LogP contribution is 2.15. The van der Waals surface area contributed by atoms with Gasteiger partial charge in [-0.3, -0.25) is 9.59 Å². The normalized spacial score (nSPS) is 16.1. The van der Waals surface area contributed by atoms with Crippen molar-refractivity contribution in [2.75, 3.05) is 39.5 Å². The van der Waals surface area contributed by atoms with Crippen molar-refractivity contribution in [2.24, 2.45) is 0 Å². The Kier molecular flexibility index (Phi) is 6.33. The fourth-order valence-electron chi connectivity index (χ4n) is 2.60. The third kappa shape index (κ3) is 4.64. The van der Waals surface area contributed by atoms with Gasteiger partial charge in [-0.1, -0.05) is 12.1 Å². The maximum atomic E-state index is 12.4. The summed E-state index contributed by atoms with van der Waals surface area (Å²) in [6.45, 7) is 4.37. The molecule has 0 radical (unpaired) electrons. The van der Waals surface area contributed by atoms with Crippen molar-refractivity contribution in [1.29, 1.82) is 0 Å². The van der Waals surface area contributed by atoms with E-state index in [9.17, 15) is 9.59 Å². The minimum absolute atomic E-state index is 0.0194. The summed E-state index contributed by atoms with van der Waals surface area (Å²) in [6, 6.07) is 7.57. The first-order valence-electron chi connectivity index (χ1n) is 7.77. The summed E-state index contributed by atoms with van der Waals surface area (Å²) in [5, 5.41) is -0.0194. The first-order chi connectivity index (χ1) is 11.0. The largest absolute Gasteiger partial charge is 0.497 e. The third-order valence-electron chi connectivity index (χ3n) is 4.13. The van der Waals surface area contributed by atoms with Gasteiger partial charge in [-0.05, 0) is 30.9 Å². The molecule has 23 heavy (non-hydrogen) atoms. The first kappa shape index (κ1) is 17.7. The summed E-state index contributed by atoms with van der Waals surface area (Å²) in [6.07, 6.45) is 2.31. The van der Waals surface area contributed by atoms with Gasteiger partial charge in [0.1, 0.15) is 5.75 Å². The van der Waals surface area contributed by atoms with E-state index in [1.54, 1.807) is 18.9 Å².